The summed E-state index contributed by atoms with van der Waals surface area (Å²) < 4.78 is 10.5. The summed E-state index contributed by atoms with van der Waals surface area (Å²) in [6.45, 7) is 3.96. The third-order valence-electron chi connectivity index (χ3n) is 3.09. The summed E-state index contributed by atoms with van der Waals surface area (Å²) in [7, 11) is 0. The molecule has 0 aromatic rings. The predicted octanol–water partition coefficient (Wildman–Crippen LogP) is -1.15. The van der Waals surface area contributed by atoms with Crippen LogP contribution in [0.15, 0.2) is 0 Å². The quantitative estimate of drug-likeness (QED) is 0.492. The molecule has 0 radical (unpaired) electrons. The Morgan fingerprint density at radius 3 is 2.35 bits per heavy atom. The van der Waals surface area contributed by atoms with Crippen LogP contribution < -0.4 is 0 Å². The molecule has 0 unspecified atom stereocenters. The molecule has 4 N–H and O–H groups in total. The van der Waals surface area contributed by atoms with Crippen LogP contribution in [-0.2, 0) is 9.47 Å². The van der Waals surface area contributed by atoms with E-state index in [0.29, 0.717) is 12.5 Å². The molecule has 0 aliphatic carbocycles. The van der Waals surface area contributed by atoms with Crippen LogP contribution in [0.5, 0.6) is 0 Å². The minimum absolute atomic E-state index is 0.308. The molecule has 0 saturated carbocycles. The minimum Gasteiger partial charge on any atom is -0.394 e. The van der Waals surface area contributed by atoms with E-state index >= 15 is 0 Å². The highest BCUT2D eigenvalue weighted by Crippen LogP contribution is 2.22. The highest BCUT2D eigenvalue weighted by atomic mass is 16.7. The molecule has 17 heavy (non-hydrogen) atoms. The van der Waals surface area contributed by atoms with Gasteiger partial charge in [-0.2, -0.15) is 0 Å². The molecule has 102 valence electrons. The van der Waals surface area contributed by atoms with E-state index in [1.165, 1.54) is 0 Å². The number of aliphatic hydroxyl groups excluding tert-OH is 4. The van der Waals surface area contributed by atoms with E-state index in [1.807, 2.05) is 13.8 Å². The lowest BCUT2D eigenvalue weighted by Gasteiger charge is -2.39. The highest BCUT2D eigenvalue weighted by molar-refractivity contribution is 4.88. The first-order valence-electron chi connectivity index (χ1n) is 5.93. The summed E-state index contributed by atoms with van der Waals surface area (Å²) in [5, 5.41) is 37.7. The second kappa shape index (κ2) is 6.63. The first-order chi connectivity index (χ1) is 8.01. The molecule has 1 heterocycles. The predicted molar refractivity (Wildman–Crippen MR) is 59.2 cm³/mol. The van der Waals surface area contributed by atoms with Crippen LogP contribution >= 0.6 is 0 Å². The minimum atomic E-state index is -1.37. The normalized spacial score (nSPS) is 40.2. The molecule has 0 aromatic heterocycles. The molecule has 1 saturated heterocycles. The third kappa shape index (κ3) is 3.61. The summed E-state index contributed by atoms with van der Waals surface area (Å²) in [6, 6.07) is 0. The van der Waals surface area contributed by atoms with Crippen LogP contribution in [0, 0.1) is 5.92 Å². The van der Waals surface area contributed by atoms with Gasteiger partial charge in [-0.25, -0.2) is 0 Å². The van der Waals surface area contributed by atoms with Gasteiger partial charge in [0.15, 0.2) is 6.29 Å². The largest absolute Gasteiger partial charge is 0.394 e. The number of hydrogen-bond donors (Lipinski definition) is 4. The molecule has 6 nitrogen and oxygen atoms in total. The molecule has 0 bridgehead atoms. The Kier molecular flexibility index (Phi) is 5.78. The van der Waals surface area contributed by atoms with Crippen molar-refractivity contribution < 1.29 is 29.9 Å². The van der Waals surface area contributed by atoms with Gasteiger partial charge in [0.25, 0.3) is 0 Å². The molecule has 0 aromatic carbocycles. The lowest BCUT2D eigenvalue weighted by molar-refractivity contribution is -0.303. The van der Waals surface area contributed by atoms with Crippen molar-refractivity contribution in [2.45, 2.75) is 51.0 Å². The Morgan fingerprint density at radius 2 is 1.82 bits per heavy atom. The van der Waals surface area contributed by atoms with Crippen molar-refractivity contribution in [3.05, 3.63) is 0 Å². The van der Waals surface area contributed by atoms with Crippen LogP contribution in [0.3, 0.4) is 0 Å². The Labute approximate surface area is 101 Å². The van der Waals surface area contributed by atoms with Crippen molar-refractivity contribution in [3.8, 4) is 0 Å². The van der Waals surface area contributed by atoms with Gasteiger partial charge in [-0.05, 0) is 5.92 Å². The number of ether oxygens (including phenoxy) is 2. The van der Waals surface area contributed by atoms with Gasteiger partial charge < -0.3 is 29.9 Å². The molecule has 0 amide bonds. The summed E-state index contributed by atoms with van der Waals surface area (Å²) in [4.78, 5) is 0. The fraction of sp³-hybridized carbons (Fsp3) is 1.00. The van der Waals surface area contributed by atoms with E-state index in [9.17, 15) is 15.3 Å². The van der Waals surface area contributed by atoms with Crippen molar-refractivity contribution in [3.63, 3.8) is 0 Å². The average molecular weight is 250 g/mol. The smallest absolute Gasteiger partial charge is 0.186 e. The van der Waals surface area contributed by atoms with Gasteiger partial charge in [0.1, 0.15) is 24.4 Å². The third-order valence-corrected chi connectivity index (χ3v) is 3.09. The maximum absolute atomic E-state index is 9.67. The number of hydrogen-bond acceptors (Lipinski definition) is 6. The van der Waals surface area contributed by atoms with E-state index in [-0.39, 0.29) is 0 Å². The monoisotopic (exact) mass is 250 g/mol. The molecular weight excluding hydrogens is 228 g/mol. The standard InChI is InChI=1S/C11H22O6/c1-3-6(2)5-16-11-10(15)9(14)8(13)7(4-12)17-11/h6-15H,3-5H2,1-2H3/t6-,7-,8-,9+,10-,11-/m1/s1. The zero-order valence-corrected chi connectivity index (χ0v) is 10.2. The Bertz CT molecular complexity index is 222. The van der Waals surface area contributed by atoms with Gasteiger partial charge in [-0.1, -0.05) is 20.3 Å². The van der Waals surface area contributed by atoms with Crippen molar-refractivity contribution >= 4 is 0 Å². The van der Waals surface area contributed by atoms with Crippen LogP contribution in [0.25, 0.3) is 0 Å². The van der Waals surface area contributed by atoms with Crippen molar-refractivity contribution in [1.29, 1.82) is 0 Å². The van der Waals surface area contributed by atoms with Gasteiger partial charge in [0.05, 0.1) is 13.2 Å². The van der Waals surface area contributed by atoms with Crippen LogP contribution in [0.4, 0.5) is 0 Å². The molecular formula is C11H22O6. The summed E-state index contributed by atoms with van der Waals surface area (Å²) in [5.74, 6) is 0.308. The van der Waals surface area contributed by atoms with E-state index in [1.54, 1.807) is 0 Å². The summed E-state index contributed by atoms with van der Waals surface area (Å²) in [6.07, 6.45) is -5.01. The second-order valence-electron chi connectivity index (χ2n) is 4.54. The van der Waals surface area contributed by atoms with Crippen molar-refractivity contribution in [2.75, 3.05) is 13.2 Å². The van der Waals surface area contributed by atoms with E-state index in [2.05, 4.69) is 0 Å². The lowest BCUT2D eigenvalue weighted by atomic mass is 9.99. The fourth-order valence-corrected chi connectivity index (χ4v) is 1.58. The Morgan fingerprint density at radius 1 is 1.18 bits per heavy atom. The maximum Gasteiger partial charge on any atom is 0.186 e. The van der Waals surface area contributed by atoms with Crippen LogP contribution in [-0.4, -0.2) is 64.3 Å². The Hall–Kier alpha value is -0.240. The number of rotatable bonds is 5. The summed E-state index contributed by atoms with van der Waals surface area (Å²) in [5.41, 5.74) is 0. The van der Waals surface area contributed by atoms with E-state index in [0.717, 1.165) is 6.42 Å². The van der Waals surface area contributed by atoms with E-state index < -0.39 is 37.3 Å². The topological polar surface area (TPSA) is 99.4 Å². The van der Waals surface area contributed by atoms with Gasteiger partial charge in [0.2, 0.25) is 0 Å². The van der Waals surface area contributed by atoms with Gasteiger partial charge >= 0.3 is 0 Å². The molecule has 6 heteroatoms. The first kappa shape index (κ1) is 14.8. The summed E-state index contributed by atoms with van der Waals surface area (Å²) >= 11 is 0. The van der Waals surface area contributed by atoms with Crippen LogP contribution in [0.1, 0.15) is 20.3 Å². The molecule has 1 rings (SSSR count). The molecule has 6 atom stereocenters. The van der Waals surface area contributed by atoms with Crippen molar-refractivity contribution in [1.82, 2.24) is 0 Å². The molecule has 1 fully saturated rings. The fourth-order valence-electron chi connectivity index (χ4n) is 1.58. The lowest BCUT2D eigenvalue weighted by Crippen LogP contribution is -2.59. The van der Waals surface area contributed by atoms with Gasteiger partial charge in [-0.15, -0.1) is 0 Å². The maximum atomic E-state index is 9.67. The number of aliphatic hydroxyl groups is 4. The van der Waals surface area contributed by atoms with Crippen molar-refractivity contribution in [2.24, 2.45) is 5.92 Å². The van der Waals surface area contributed by atoms with Gasteiger partial charge in [0, 0.05) is 0 Å². The zero-order chi connectivity index (χ0) is 13.0. The van der Waals surface area contributed by atoms with Crippen LogP contribution in [0.2, 0.25) is 0 Å². The first-order valence-corrected chi connectivity index (χ1v) is 5.93. The van der Waals surface area contributed by atoms with E-state index in [4.69, 9.17) is 14.6 Å². The second-order valence-corrected chi connectivity index (χ2v) is 4.54. The highest BCUT2D eigenvalue weighted by Gasteiger charge is 2.43. The Balaban J connectivity index is 2.53. The molecule has 1 aliphatic rings. The molecule has 1 aliphatic heterocycles. The SMILES string of the molecule is CC[C@@H](C)CO[C@@H]1O[C@H](CO)[C@@H](O)[C@H](O)[C@H]1O. The average Bonchev–Trinajstić information content (AvgIpc) is 2.34. The zero-order valence-electron chi connectivity index (χ0n) is 10.2. The van der Waals surface area contributed by atoms with Gasteiger partial charge in [-0.3, -0.25) is 0 Å². The molecule has 0 spiro atoms.